The molecule has 1 aromatic rings. The van der Waals surface area contributed by atoms with Crippen LogP contribution in [0.1, 0.15) is 26.7 Å². The highest BCUT2D eigenvalue weighted by molar-refractivity contribution is 6.80. The number of rotatable bonds is 1. The summed E-state index contributed by atoms with van der Waals surface area (Å²) in [7, 11) is -2.65. The van der Waals surface area contributed by atoms with Gasteiger partial charge in [0.05, 0.1) is 5.60 Å². The van der Waals surface area contributed by atoms with E-state index in [4.69, 9.17) is 4.43 Å². The fourth-order valence-electron chi connectivity index (χ4n) is 2.21. The van der Waals surface area contributed by atoms with Gasteiger partial charge in [-0.2, -0.15) is 0 Å². The van der Waals surface area contributed by atoms with Gasteiger partial charge >= 0.3 is 8.56 Å². The van der Waals surface area contributed by atoms with Crippen molar-refractivity contribution < 1.29 is 9.22 Å². The standard InChI is InChI=1S/C12H18O2Si/c1-12(2)9-6-10-15(13,14-12)11-7-4-3-5-8-11/h3-5,7-8,13H,6,9-10H2,1-2H3. The van der Waals surface area contributed by atoms with Gasteiger partial charge < -0.3 is 9.22 Å². The summed E-state index contributed by atoms with van der Waals surface area (Å²) in [5.41, 5.74) is -0.172. The Morgan fingerprint density at radius 3 is 2.53 bits per heavy atom. The van der Waals surface area contributed by atoms with Gasteiger partial charge in [-0.1, -0.05) is 30.3 Å². The van der Waals surface area contributed by atoms with E-state index in [-0.39, 0.29) is 5.60 Å². The zero-order valence-electron chi connectivity index (χ0n) is 9.36. The van der Waals surface area contributed by atoms with Gasteiger partial charge in [0, 0.05) is 0 Å². The van der Waals surface area contributed by atoms with Crippen LogP contribution in [0.4, 0.5) is 0 Å². The molecule has 1 atom stereocenters. The van der Waals surface area contributed by atoms with Gasteiger partial charge in [-0.05, 0) is 37.9 Å². The van der Waals surface area contributed by atoms with Crippen molar-refractivity contribution in [3.63, 3.8) is 0 Å². The molecule has 0 bridgehead atoms. The number of hydrogen-bond acceptors (Lipinski definition) is 2. The molecule has 1 fully saturated rings. The molecule has 0 amide bonds. The Morgan fingerprint density at radius 1 is 1.27 bits per heavy atom. The fourth-order valence-corrected chi connectivity index (χ4v) is 5.11. The van der Waals surface area contributed by atoms with Gasteiger partial charge in [0.15, 0.2) is 0 Å². The molecule has 2 rings (SSSR count). The highest BCUT2D eigenvalue weighted by Crippen LogP contribution is 2.31. The normalized spacial score (nSPS) is 30.1. The van der Waals surface area contributed by atoms with Crippen molar-refractivity contribution in [2.24, 2.45) is 0 Å². The summed E-state index contributed by atoms with van der Waals surface area (Å²) in [6.45, 7) is 4.13. The third-order valence-corrected chi connectivity index (χ3v) is 6.12. The second-order valence-corrected chi connectivity index (χ2v) is 7.72. The SMILES string of the molecule is CC1(C)CCC[Si](O)(c2ccccc2)O1. The van der Waals surface area contributed by atoms with Crippen LogP contribution in [0.3, 0.4) is 0 Å². The molecule has 1 unspecified atom stereocenters. The second-order valence-electron chi connectivity index (χ2n) is 4.87. The van der Waals surface area contributed by atoms with Gasteiger partial charge in [-0.15, -0.1) is 0 Å². The minimum atomic E-state index is -2.65. The van der Waals surface area contributed by atoms with E-state index in [0.717, 1.165) is 24.1 Å². The molecule has 3 heteroatoms. The Bertz CT molecular complexity index is 337. The fraction of sp³-hybridized carbons (Fsp3) is 0.500. The molecular formula is C12H18O2Si. The van der Waals surface area contributed by atoms with Gasteiger partial charge in [0.2, 0.25) is 0 Å². The monoisotopic (exact) mass is 222 g/mol. The zero-order chi connectivity index (χ0) is 10.9. The molecule has 82 valence electrons. The minimum absolute atomic E-state index is 0.172. The highest BCUT2D eigenvalue weighted by atomic mass is 28.4. The van der Waals surface area contributed by atoms with Crippen molar-refractivity contribution in [2.45, 2.75) is 38.3 Å². The average molecular weight is 222 g/mol. The Morgan fingerprint density at radius 2 is 1.93 bits per heavy atom. The minimum Gasteiger partial charge on any atom is -0.407 e. The maximum absolute atomic E-state index is 10.6. The van der Waals surface area contributed by atoms with E-state index >= 15 is 0 Å². The van der Waals surface area contributed by atoms with E-state index in [1.807, 2.05) is 30.3 Å². The summed E-state index contributed by atoms with van der Waals surface area (Å²) in [4.78, 5) is 10.6. The van der Waals surface area contributed by atoms with Crippen LogP contribution < -0.4 is 5.19 Å². The molecular weight excluding hydrogens is 204 g/mol. The van der Waals surface area contributed by atoms with Crippen LogP contribution in [0.2, 0.25) is 6.04 Å². The highest BCUT2D eigenvalue weighted by Gasteiger charge is 2.44. The molecule has 1 aliphatic rings. The summed E-state index contributed by atoms with van der Waals surface area (Å²) in [6.07, 6.45) is 2.10. The van der Waals surface area contributed by atoms with Crippen LogP contribution in [-0.4, -0.2) is 19.0 Å². The molecule has 0 aliphatic carbocycles. The van der Waals surface area contributed by atoms with Crippen LogP contribution in [-0.2, 0) is 4.43 Å². The predicted molar refractivity (Wildman–Crippen MR) is 63.3 cm³/mol. The predicted octanol–water partition coefficient (Wildman–Crippen LogP) is 1.92. The zero-order valence-corrected chi connectivity index (χ0v) is 10.4. The van der Waals surface area contributed by atoms with Crippen LogP contribution >= 0.6 is 0 Å². The van der Waals surface area contributed by atoms with Gasteiger partial charge in [-0.3, -0.25) is 0 Å². The van der Waals surface area contributed by atoms with Crippen LogP contribution in [0.25, 0.3) is 0 Å². The van der Waals surface area contributed by atoms with Gasteiger partial charge in [-0.25, -0.2) is 0 Å². The Hall–Kier alpha value is -0.643. The van der Waals surface area contributed by atoms with Crippen molar-refractivity contribution in [2.75, 3.05) is 0 Å². The van der Waals surface area contributed by atoms with E-state index < -0.39 is 8.56 Å². The lowest BCUT2D eigenvalue weighted by atomic mass is 10.0. The summed E-state index contributed by atoms with van der Waals surface area (Å²) >= 11 is 0. The molecule has 1 N–H and O–H groups in total. The molecule has 1 aromatic carbocycles. The molecule has 2 nitrogen and oxygen atoms in total. The smallest absolute Gasteiger partial charge is 0.370 e. The van der Waals surface area contributed by atoms with Crippen molar-refractivity contribution in [3.8, 4) is 0 Å². The number of benzene rings is 1. The molecule has 0 saturated carbocycles. The lowest BCUT2D eigenvalue weighted by Crippen LogP contribution is -2.58. The van der Waals surface area contributed by atoms with Crippen molar-refractivity contribution in [3.05, 3.63) is 30.3 Å². The average Bonchev–Trinajstić information content (AvgIpc) is 2.17. The van der Waals surface area contributed by atoms with E-state index in [2.05, 4.69) is 13.8 Å². The molecule has 0 aromatic heterocycles. The summed E-state index contributed by atoms with van der Waals surface area (Å²) < 4.78 is 5.94. The molecule has 15 heavy (non-hydrogen) atoms. The lowest BCUT2D eigenvalue weighted by molar-refractivity contribution is 0.0460. The molecule has 1 aliphatic heterocycles. The van der Waals surface area contributed by atoms with E-state index in [1.54, 1.807) is 0 Å². The maximum atomic E-state index is 10.6. The Kier molecular flexibility index (Phi) is 2.71. The van der Waals surface area contributed by atoms with Gasteiger partial charge in [0.25, 0.3) is 0 Å². The topological polar surface area (TPSA) is 29.5 Å². The first-order valence-electron chi connectivity index (χ1n) is 5.50. The summed E-state index contributed by atoms with van der Waals surface area (Å²) in [5, 5.41) is 0.998. The Balaban J connectivity index is 2.27. The first-order valence-corrected chi connectivity index (χ1v) is 7.56. The van der Waals surface area contributed by atoms with Crippen LogP contribution in [0, 0.1) is 0 Å². The lowest BCUT2D eigenvalue weighted by Gasteiger charge is -2.40. The van der Waals surface area contributed by atoms with Gasteiger partial charge in [0.1, 0.15) is 0 Å². The van der Waals surface area contributed by atoms with Crippen molar-refractivity contribution in [1.82, 2.24) is 0 Å². The first-order chi connectivity index (χ1) is 7.02. The first kappa shape index (κ1) is 10.9. The van der Waals surface area contributed by atoms with Crippen molar-refractivity contribution >= 4 is 13.7 Å². The van der Waals surface area contributed by atoms with Crippen LogP contribution in [0.15, 0.2) is 30.3 Å². The van der Waals surface area contributed by atoms with E-state index in [9.17, 15) is 4.80 Å². The Labute approximate surface area is 92.2 Å². The largest absolute Gasteiger partial charge is 0.407 e. The van der Waals surface area contributed by atoms with E-state index in [1.165, 1.54) is 0 Å². The third-order valence-electron chi connectivity index (χ3n) is 2.96. The molecule has 0 spiro atoms. The maximum Gasteiger partial charge on any atom is 0.370 e. The second kappa shape index (κ2) is 3.74. The summed E-state index contributed by atoms with van der Waals surface area (Å²) in [6, 6.07) is 10.7. The molecule has 1 saturated heterocycles. The quantitative estimate of drug-likeness (QED) is 0.736. The summed E-state index contributed by atoms with van der Waals surface area (Å²) in [5.74, 6) is 0. The third kappa shape index (κ3) is 2.30. The number of hydrogen-bond donors (Lipinski definition) is 1. The van der Waals surface area contributed by atoms with Crippen LogP contribution in [0.5, 0.6) is 0 Å². The molecule has 1 heterocycles. The molecule has 0 radical (unpaired) electrons. The van der Waals surface area contributed by atoms with E-state index in [0.29, 0.717) is 0 Å². The van der Waals surface area contributed by atoms with Crippen molar-refractivity contribution in [1.29, 1.82) is 0 Å².